The van der Waals surface area contributed by atoms with Crippen molar-refractivity contribution in [1.82, 2.24) is 24.3 Å². The summed E-state index contributed by atoms with van der Waals surface area (Å²) in [5.74, 6) is 0.291. The maximum absolute atomic E-state index is 13.0. The summed E-state index contributed by atoms with van der Waals surface area (Å²) >= 11 is 0. The lowest BCUT2D eigenvalue weighted by Crippen LogP contribution is -2.42. The van der Waals surface area contributed by atoms with Crippen LogP contribution in [-0.4, -0.2) is 74.6 Å². The third kappa shape index (κ3) is 5.67. The van der Waals surface area contributed by atoms with Gasteiger partial charge in [-0.2, -0.15) is 4.98 Å². The molecule has 3 aromatic heterocycles. The predicted octanol–water partition coefficient (Wildman–Crippen LogP) is 3.53. The number of rotatable bonds is 6. The Balaban J connectivity index is 1.47. The van der Waals surface area contributed by atoms with Crippen LogP contribution in [0.4, 0.5) is 16.4 Å². The minimum absolute atomic E-state index is 0.0382. The number of ether oxygens (including phenoxy) is 2. The number of likely N-dealkylation sites (N-methyl/N-ethyl adjacent to an activating group) is 1. The maximum atomic E-state index is 13.0. The van der Waals surface area contributed by atoms with E-state index in [0.29, 0.717) is 31.3 Å². The van der Waals surface area contributed by atoms with Gasteiger partial charge < -0.3 is 29.0 Å². The average molecular weight is 496 g/mol. The van der Waals surface area contributed by atoms with Gasteiger partial charge in [0.05, 0.1) is 24.0 Å². The van der Waals surface area contributed by atoms with Crippen LogP contribution >= 0.6 is 0 Å². The molecule has 1 fully saturated rings. The molecule has 3 aromatic rings. The zero-order chi connectivity index (χ0) is 26.0. The van der Waals surface area contributed by atoms with Crippen LogP contribution in [0, 0.1) is 6.92 Å². The summed E-state index contributed by atoms with van der Waals surface area (Å²) in [6, 6.07) is 3.59. The Morgan fingerprint density at radius 3 is 2.72 bits per heavy atom. The number of nitrogens with zero attached hydrogens (tertiary/aromatic N) is 6. The highest BCUT2D eigenvalue weighted by molar-refractivity contribution is 6.05. The third-order valence-electron chi connectivity index (χ3n) is 5.77. The zero-order valence-electron chi connectivity index (χ0n) is 21.6. The van der Waals surface area contributed by atoms with Gasteiger partial charge in [-0.3, -0.25) is 4.79 Å². The van der Waals surface area contributed by atoms with E-state index < -0.39 is 5.60 Å². The van der Waals surface area contributed by atoms with Gasteiger partial charge in [-0.1, -0.05) is 0 Å². The highest BCUT2D eigenvalue weighted by Gasteiger charge is 2.32. The Morgan fingerprint density at radius 1 is 1.22 bits per heavy atom. The molecule has 0 radical (unpaired) electrons. The molecule has 4 rings (SSSR count). The molecular weight excluding hydrogens is 462 g/mol. The number of hydrogen-bond acceptors (Lipinski definition) is 8. The quantitative estimate of drug-likeness (QED) is 0.552. The Hall–Kier alpha value is -3.89. The Labute approximate surface area is 210 Å². The molecule has 11 heteroatoms. The summed E-state index contributed by atoms with van der Waals surface area (Å²) in [5, 5.41) is 2.88. The fourth-order valence-corrected chi connectivity index (χ4v) is 4.03. The van der Waals surface area contributed by atoms with Crippen molar-refractivity contribution in [3.8, 4) is 5.88 Å². The number of amides is 2. The second-order valence-corrected chi connectivity index (χ2v) is 9.82. The molecule has 1 atom stereocenters. The zero-order valence-corrected chi connectivity index (χ0v) is 21.6. The topological polar surface area (TPSA) is 114 Å². The SMILES string of the molecule is CCOc1nc(N2CC[C@@H](N(C)C(=O)OC(C)(C)C)C2)ncc1C(=O)Nc1ccc2nc(C)cn2c1. The van der Waals surface area contributed by atoms with Gasteiger partial charge in [-0.15, -0.1) is 0 Å². The molecule has 0 spiro atoms. The standard InChI is InChI=1S/C25H33N7O4/c1-7-35-22-19(21(33)28-17-8-9-20-27-16(2)13-32(20)14-17)12-26-23(29-22)31-11-10-18(15-31)30(6)24(34)36-25(3,4)5/h8-9,12-14,18H,7,10-11,15H2,1-6H3,(H,28,33)/t18-/m1/s1. The molecule has 0 bridgehead atoms. The van der Waals surface area contributed by atoms with Crippen LogP contribution in [0.1, 0.15) is 50.2 Å². The molecule has 0 aliphatic carbocycles. The van der Waals surface area contributed by atoms with E-state index in [4.69, 9.17) is 9.47 Å². The van der Waals surface area contributed by atoms with Crippen molar-refractivity contribution in [2.75, 3.05) is 37.0 Å². The Kier molecular flexibility index (Phi) is 7.00. The number of hydrogen-bond donors (Lipinski definition) is 1. The van der Waals surface area contributed by atoms with Crippen molar-refractivity contribution in [2.45, 2.75) is 52.7 Å². The largest absolute Gasteiger partial charge is 0.477 e. The smallest absolute Gasteiger partial charge is 0.410 e. The monoisotopic (exact) mass is 495 g/mol. The molecule has 0 unspecified atom stereocenters. The van der Waals surface area contributed by atoms with Crippen LogP contribution in [0.5, 0.6) is 5.88 Å². The molecule has 0 aromatic carbocycles. The van der Waals surface area contributed by atoms with Crippen LogP contribution in [0.15, 0.2) is 30.7 Å². The van der Waals surface area contributed by atoms with Crippen LogP contribution in [0.25, 0.3) is 5.65 Å². The Bertz CT molecular complexity index is 1270. The number of aromatic nitrogens is 4. The molecule has 36 heavy (non-hydrogen) atoms. The van der Waals surface area contributed by atoms with E-state index in [1.165, 1.54) is 6.20 Å². The molecule has 2 amide bonds. The van der Waals surface area contributed by atoms with E-state index in [2.05, 4.69) is 20.3 Å². The second kappa shape index (κ2) is 10.00. The van der Waals surface area contributed by atoms with Gasteiger partial charge in [0.1, 0.15) is 16.8 Å². The van der Waals surface area contributed by atoms with Gasteiger partial charge in [0.25, 0.3) is 5.91 Å². The van der Waals surface area contributed by atoms with Crippen LogP contribution in [0.2, 0.25) is 0 Å². The fourth-order valence-electron chi connectivity index (χ4n) is 4.03. The maximum Gasteiger partial charge on any atom is 0.410 e. The van der Waals surface area contributed by atoms with Gasteiger partial charge >= 0.3 is 6.09 Å². The summed E-state index contributed by atoms with van der Waals surface area (Å²) in [4.78, 5) is 42.5. The highest BCUT2D eigenvalue weighted by Crippen LogP contribution is 2.25. The number of pyridine rings is 1. The van der Waals surface area contributed by atoms with Crippen molar-refractivity contribution in [1.29, 1.82) is 0 Å². The minimum Gasteiger partial charge on any atom is -0.477 e. The average Bonchev–Trinajstić information content (AvgIpc) is 3.43. The summed E-state index contributed by atoms with van der Waals surface area (Å²) in [6.45, 7) is 10.8. The lowest BCUT2D eigenvalue weighted by molar-refractivity contribution is 0.0237. The lowest BCUT2D eigenvalue weighted by atomic mass is 10.2. The first-order valence-corrected chi connectivity index (χ1v) is 12.0. The van der Waals surface area contributed by atoms with E-state index in [9.17, 15) is 9.59 Å². The Morgan fingerprint density at radius 2 is 2.00 bits per heavy atom. The second-order valence-electron chi connectivity index (χ2n) is 9.82. The molecule has 0 saturated carbocycles. The number of carbonyl (C=O) groups is 2. The number of imidazole rings is 1. The molecular formula is C25H33N7O4. The number of carbonyl (C=O) groups excluding carboxylic acids is 2. The summed E-state index contributed by atoms with van der Waals surface area (Å²) in [5.41, 5.74) is 1.99. The molecule has 4 heterocycles. The number of anilines is 2. The van der Waals surface area contributed by atoms with E-state index in [1.807, 2.05) is 56.2 Å². The van der Waals surface area contributed by atoms with Gasteiger partial charge in [0, 0.05) is 38.7 Å². The van der Waals surface area contributed by atoms with Gasteiger partial charge in [-0.05, 0) is 53.2 Å². The lowest BCUT2D eigenvalue weighted by Gasteiger charge is -2.28. The van der Waals surface area contributed by atoms with Gasteiger partial charge in [-0.25, -0.2) is 14.8 Å². The molecule has 1 aliphatic heterocycles. The summed E-state index contributed by atoms with van der Waals surface area (Å²) < 4.78 is 13.0. The molecule has 1 saturated heterocycles. The normalized spacial score (nSPS) is 15.7. The first-order valence-electron chi connectivity index (χ1n) is 12.0. The number of nitrogens with one attached hydrogen (secondary N) is 1. The predicted molar refractivity (Wildman–Crippen MR) is 136 cm³/mol. The first-order chi connectivity index (χ1) is 17.0. The fraction of sp³-hybridized carbons (Fsp3) is 0.480. The molecule has 1 aliphatic rings. The van der Waals surface area contributed by atoms with Crippen molar-refractivity contribution in [3.63, 3.8) is 0 Å². The highest BCUT2D eigenvalue weighted by atomic mass is 16.6. The summed E-state index contributed by atoms with van der Waals surface area (Å²) in [6.07, 6.45) is 5.56. The van der Waals surface area contributed by atoms with Crippen molar-refractivity contribution in [3.05, 3.63) is 42.0 Å². The molecule has 192 valence electrons. The van der Waals surface area contributed by atoms with E-state index in [1.54, 1.807) is 24.2 Å². The molecule has 1 N–H and O–H groups in total. The van der Waals surface area contributed by atoms with Crippen LogP contribution < -0.4 is 15.0 Å². The van der Waals surface area contributed by atoms with Crippen LogP contribution in [-0.2, 0) is 4.74 Å². The first kappa shape index (κ1) is 25.2. The van der Waals surface area contributed by atoms with Crippen molar-refractivity contribution in [2.24, 2.45) is 0 Å². The van der Waals surface area contributed by atoms with Crippen LogP contribution in [0.3, 0.4) is 0 Å². The minimum atomic E-state index is -0.557. The van der Waals surface area contributed by atoms with Crippen molar-refractivity contribution < 1.29 is 19.1 Å². The third-order valence-corrected chi connectivity index (χ3v) is 5.77. The van der Waals surface area contributed by atoms with E-state index >= 15 is 0 Å². The van der Waals surface area contributed by atoms with E-state index in [0.717, 1.165) is 17.8 Å². The van der Waals surface area contributed by atoms with Gasteiger partial charge in [0.2, 0.25) is 11.8 Å². The van der Waals surface area contributed by atoms with E-state index in [-0.39, 0.29) is 29.5 Å². The van der Waals surface area contributed by atoms with Crippen molar-refractivity contribution >= 4 is 29.3 Å². The molecule has 11 nitrogen and oxygen atoms in total. The number of aryl methyl sites for hydroxylation is 1. The number of fused-ring (bicyclic) bond motifs is 1. The van der Waals surface area contributed by atoms with Gasteiger partial charge in [0.15, 0.2) is 0 Å². The summed E-state index contributed by atoms with van der Waals surface area (Å²) in [7, 11) is 1.74.